The van der Waals surface area contributed by atoms with Crippen LogP contribution in [-0.4, -0.2) is 140 Å². The quantitative estimate of drug-likeness (QED) is 0.364. The molecule has 0 aliphatic carbocycles. The number of aryl methyl sites for hydroxylation is 1. The molecule has 0 bridgehead atoms. The lowest BCUT2D eigenvalue weighted by atomic mass is 9.87. The minimum absolute atomic E-state index is 0.0794. The largest absolute Gasteiger partial charge is 0.379 e. The number of nitrogens with zero attached hydrogens (tertiary/aromatic N) is 8. The molecule has 3 fully saturated rings. The number of piperazine rings is 1. The summed E-state index contributed by atoms with van der Waals surface area (Å²) in [6.45, 7) is 20.5. The van der Waals surface area contributed by atoms with E-state index in [2.05, 4.69) is 77.0 Å². The zero-order chi connectivity index (χ0) is 31.2. The van der Waals surface area contributed by atoms with E-state index in [0.717, 1.165) is 140 Å². The van der Waals surface area contributed by atoms with Crippen molar-refractivity contribution in [2.75, 3.05) is 116 Å². The van der Waals surface area contributed by atoms with E-state index < -0.39 is 0 Å². The fourth-order valence-corrected chi connectivity index (χ4v) is 6.24. The van der Waals surface area contributed by atoms with Gasteiger partial charge in [-0.05, 0) is 37.4 Å². The molecule has 244 valence electrons. The molecule has 45 heavy (non-hydrogen) atoms. The topological polar surface area (TPSA) is 95.0 Å². The predicted molar refractivity (Wildman–Crippen MR) is 180 cm³/mol. The smallest absolute Gasteiger partial charge is 0.186 e. The molecular weight excluding hydrogens is 566 g/mol. The summed E-state index contributed by atoms with van der Waals surface area (Å²) in [6, 6.07) is 8.64. The Bertz CT molecular complexity index is 1390. The van der Waals surface area contributed by atoms with E-state index in [4.69, 9.17) is 29.4 Å². The molecule has 3 saturated heterocycles. The van der Waals surface area contributed by atoms with Crippen LogP contribution in [0, 0.1) is 0 Å². The van der Waals surface area contributed by atoms with Crippen LogP contribution in [0.3, 0.4) is 0 Å². The lowest BCUT2D eigenvalue weighted by Crippen LogP contribution is -2.45. The van der Waals surface area contributed by atoms with Gasteiger partial charge in [0.25, 0.3) is 0 Å². The Morgan fingerprint density at radius 2 is 1.40 bits per heavy atom. The highest BCUT2D eigenvalue weighted by Crippen LogP contribution is 2.30. The first-order valence-corrected chi connectivity index (χ1v) is 16.8. The summed E-state index contributed by atoms with van der Waals surface area (Å²) in [6.07, 6.45) is 1.89. The van der Waals surface area contributed by atoms with E-state index in [1.165, 1.54) is 5.56 Å². The molecule has 0 atom stereocenters. The van der Waals surface area contributed by atoms with Gasteiger partial charge in [-0.1, -0.05) is 45.0 Å². The number of morpholine rings is 2. The number of aromatic nitrogens is 4. The normalized spacial score (nSPS) is 19.3. The van der Waals surface area contributed by atoms with Gasteiger partial charge in [-0.15, -0.1) is 0 Å². The van der Waals surface area contributed by atoms with Crippen molar-refractivity contribution >= 4 is 22.8 Å². The van der Waals surface area contributed by atoms with Crippen LogP contribution in [0.1, 0.15) is 38.4 Å². The van der Waals surface area contributed by atoms with Gasteiger partial charge in [0.2, 0.25) is 0 Å². The van der Waals surface area contributed by atoms with Crippen molar-refractivity contribution in [1.82, 2.24) is 34.6 Å². The Kier molecular flexibility index (Phi) is 10.4. The van der Waals surface area contributed by atoms with Gasteiger partial charge >= 0.3 is 0 Å². The molecule has 0 spiro atoms. The fourth-order valence-electron chi connectivity index (χ4n) is 6.24. The van der Waals surface area contributed by atoms with Crippen LogP contribution in [0.4, 0.5) is 11.6 Å². The number of benzene rings is 1. The van der Waals surface area contributed by atoms with Gasteiger partial charge in [-0.3, -0.25) is 9.80 Å². The molecule has 11 nitrogen and oxygen atoms in total. The van der Waals surface area contributed by atoms with E-state index in [0.29, 0.717) is 11.5 Å². The average Bonchev–Trinajstić information content (AvgIpc) is 3.05. The van der Waals surface area contributed by atoms with Crippen molar-refractivity contribution in [3.8, 4) is 11.4 Å². The van der Waals surface area contributed by atoms with Crippen LogP contribution >= 0.6 is 0 Å². The van der Waals surface area contributed by atoms with Crippen LogP contribution in [0.2, 0.25) is 0 Å². The molecule has 6 rings (SSSR count). The monoisotopic (exact) mass is 617 g/mol. The van der Waals surface area contributed by atoms with Gasteiger partial charge in [-0.2, -0.15) is 0 Å². The molecule has 0 amide bonds. The minimum Gasteiger partial charge on any atom is -0.379 e. The van der Waals surface area contributed by atoms with Crippen molar-refractivity contribution in [1.29, 1.82) is 0 Å². The third-order valence-corrected chi connectivity index (χ3v) is 9.21. The molecule has 11 heteroatoms. The van der Waals surface area contributed by atoms with Crippen LogP contribution in [-0.2, 0) is 21.3 Å². The molecule has 0 saturated carbocycles. The van der Waals surface area contributed by atoms with Crippen LogP contribution in [0.25, 0.3) is 22.6 Å². The van der Waals surface area contributed by atoms with Gasteiger partial charge < -0.3 is 24.6 Å². The molecule has 0 radical (unpaired) electrons. The predicted octanol–water partition coefficient (Wildman–Crippen LogP) is 3.15. The number of anilines is 2. The SMILES string of the molecule is CN1CCN(c2nc3nc(-c4ccc(C(C)(C)C)cc4)nc(NCCN4CCOCC4)c3nc2CCCN2CCOCC2)CC1. The van der Waals surface area contributed by atoms with Gasteiger partial charge in [0.05, 0.1) is 32.1 Å². The second-order valence-corrected chi connectivity index (χ2v) is 13.6. The fraction of sp³-hybridized carbons (Fsp3) is 0.647. The Balaban J connectivity index is 1.34. The number of nitrogens with one attached hydrogen (secondary N) is 1. The second kappa shape index (κ2) is 14.6. The van der Waals surface area contributed by atoms with Crippen LogP contribution < -0.4 is 10.2 Å². The highest BCUT2D eigenvalue weighted by molar-refractivity contribution is 5.86. The Labute approximate surface area is 268 Å². The summed E-state index contributed by atoms with van der Waals surface area (Å²) in [5, 5.41) is 3.64. The maximum Gasteiger partial charge on any atom is 0.186 e. The zero-order valence-corrected chi connectivity index (χ0v) is 27.7. The average molecular weight is 618 g/mol. The molecule has 3 aliphatic rings. The number of hydrogen-bond acceptors (Lipinski definition) is 11. The van der Waals surface area contributed by atoms with Gasteiger partial charge in [0.1, 0.15) is 0 Å². The summed E-state index contributed by atoms with van der Waals surface area (Å²) in [5.41, 5.74) is 4.80. The Hall–Kier alpha value is -2.96. The first-order chi connectivity index (χ1) is 21.8. The van der Waals surface area contributed by atoms with E-state index >= 15 is 0 Å². The van der Waals surface area contributed by atoms with Crippen molar-refractivity contribution in [2.45, 2.75) is 39.0 Å². The van der Waals surface area contributed by atoms with E-state index in [-0.39, 0.29) is 5.41 Å². The molecule has 5 heterocycles. The molecule has 1 aromatic carbocycles. The van der Waals surface area contributed by atoms with Gasteiger partial charge in [0.15, 0.2) is 28.6 Å². The standard InChI is InChI=1S/C34H51N9O2/c1-34(2,3)27-9-7-26(8-10-27)30-37-31(35-11-13-42-20-24-45-25-21-42)29-32(38-30)39-33(43-16-14-40(4)15-17-43)28(36-29)6-5-12-41-18-22-44-23-19-41/h7-10H,5-6,11-25H2,1-4H3,(H,35,37,38,39). The van der Waals surface area contributed by atoms with Crippen LogP contribution in [0.5, 0.6) is 0 Å². The van der Waals surface area contributed by atoms with E-state index in [1.807, 2.05) is 0 Å². The van der Waals surface area contributed by atoms with Gasteiger partial charge in [0, 0.05) is 71.0 Å². The molecule has 2 aromatic heterocycles. The summed E-state index contributed by atoms with van der Waals surface area (Å²) in [7, 11) is 2.19. The van der Waals surface area contributed by atoms with Crippen molar-refractivity contribution in [2.24, 2.45) is 0 Å². The zero-order valence-electron chi connectivity index (χ0n) is 27.7. The number of ether oxygens (including phenoxy) is 2. The third-order valence-electron chi connectivity index (χ3n) is 9.21. The highest BCUT2D eigenvalue weighted by atomic mass is 16.5. The number of likely N-dealkylation sites (N-methyl/N-ethyl adjacent to an activating group) is 1. The second-order valence-electron chi connectivity index (χ2n) is 13.6. The van der Waals surface area contributed by atoms with E-state index in [1.54, 1.807) is 0 Å². The number of rotatable bonds is 10. The maximum atomic E-state index is 5.56. The minimum atomic E-state index is 0.0794. The molecule has 3 aliphatic heterocycles. The summed E-state index contributed by atoms with van der Waals surface area (Å²) in [5.74, 6) is 2.41. The molecule has 3 aromatic rings. The Morgan fingerprint density at radius 3 is 2.04 bits per heavy atom. The molecule has 0 unspecified atom stereocenters. The Morgan fingerprint density at radius 1 is 0.756 bits per heavy atom. The first-order valence-electron chi connectivity index (χ1n) is 16.8. The van der Waals surface area contributed by atoms with Gasteiger partial charge in [-0.25, -0.2) is 19.9 Å². The molecule has 1 N–H and O–H groups in total. The third kappa shape index (κ3) is 8.26. The van der Waals surface area contributed by atoms with Crippen molar-refractivity contribution in [3.63, 3.8) is 0 Å². The number of fused-ring (bicyclic) bond motifs is 1. The van der Waals surface area contributed by atoms with Crippen molar-refractivity contribution < 1.29 is 9.47 Å². The lowest BCUT2D eigenvalue weighted by Gasteiger charge is -2.34. The first kappa shape index (κ1) is 32.0. The van der Waals surface area contributed by atoms with Crippen LogP contribution in [0.15, 0.2) is 24.3 Å². The maximum absolute atomic E-state index is 5.56. The summed E-state index contributed by atoms with van der Waals surface area (Å²) >= 11 is 0. The highest BCUT2D eigenvalue weighted by Gasteiger charge is 2.23. The molecular formula is C34H51N9O2. The van der Waals surface area contributed by atoms with Crippen molar-refractivity contribution in [3.05, 3.63) is 35.5 Å². The summed E-state index contributed by atoms with van der Waals surface area (Å²) < 4.78 is 11.1. The summed E-state index contributed by atoms with van der Waals surface area (Å²) in [4.78, 5) is 30.4. The number of hydrogen-bond donors (Lipinski definition) is 1. The van der Waals surface area contributed by atoms with E-state index in [9.17, 15) is 0 Å². The lowest BCUT2D eigenvalue weighted by molar-refractivity contribution is 0.0374.